The molecule has 2 aromatic carbocycles. The predicted octanol–water partition coefficient (Wildman–Crippen LogP) is 3.38. The van der Waals surface area contributed by atoms with E-state index in [1.807, 2.05) is 49.4 Å². The van der Waals surface area contributed by atoms with Crippen molar-refractivity contribution in [1.82, 2.24) is 0 Å². The Hall–Kier alpha value is -2.00. The highest BCUT2D eigenvalue weighted by Gasteiger charge is 2.01. The van der Waals surface area contributed by atoms with Gasteiger partial charge >= 0.3 is 0 Å². The lowest BCUT2D eigenvalue weighted by Crippen LogP contribution is -2.02. The van der Waals surface area contributed by atoms with Crippen molar-refractivity contribution < 1.29 is 9.47 Å². The van der Waals surface area contributed by atoms with Gasteiger partial charge in [-0.25, -0.2) is 0 Å². The van der Waals surface area contributed by atoms with Crippen molar-refractivity contribution in [3.05, 3.63) is 54.1 Å². The van der Waals surface area contributed by atoms with Gasteiger partial charge in [-0.15, -0.1) is 0 Å². The molecule has 0 radical (unpaired) electrons. The van der Waals surface area contributed by atoms with Gasteiger partial charge in [0, 0.05) is 6.07 Å². The third-order valence-corrected chi connectivity index (χ3v) is 2.68. The third kappa shape index (κ3) is 4.00. The van der Waals surface area contributed by atoms with Crippen molar-refractivity contribution in [3.8, 4) is 17.2 Å². The second kappa shape index (κ2) is 6.81. The maximum Gasteiger partial charge on any atom is 0.131 e. The van der Waals surface area contributed by atoms with Crippen LogP contribution in [0.3, 0.4) is 0 Å². The zero-order chi connectivity index (χ0) is 13.5. The number of benzene rings is 2. The van der Waals surface area contributed by atoms with Crippen LogP contribution in [0.25, 0.3) is 0 Å². The molecule has 0 fully saturated rings. The summed E-state index contributed by atoms with van der Waals surface area (Å²) in [6.07, 6.45) is 0.857. The Morgan fingerprint density at radius 1 is 0.947 bits per heavy atom. The van der Waals surface area contributed by atoms with Crippen molar-refractivity contribution in [2.45, 2.75) is 13.3 Å². The normalized spacial score (nSPS) is 10.2. The van der Waals surface area contributed by atoms with E-state index in [9.17, 15) is 0 Å². The van der Waals surface area contributed by atoms with Gasteiger partial charge in [-0.1, -0.05) is 18.2 Å². The molecule has 0 aromatic heterocycles. The van der Waals surface area contributed by atoms with Crippen LogP contribution in [0.15, 0.2) is 48.5 Å². The lowest BCUT2D eigenvalue weighted by Gasteiger charge is -2.09. The molecule has 0 aliphatic carbocycles. The maximum absolute atomic E-state index is 5.83. The van der Waals surface area contributed by atoms with Gasteiger partial charge in [0.1, 0.15) is 17.2 Å². The van der Waals surface area contributed by atoms with Crippen LogP contribution in [0.1, 0.15) is 12.5 Å². The van der Waals surface area contributed by atoms with E-state index in [-0.39, 0.29) is 0 Å². The average Bonchev–Trinajstić information content (AvgIpc) is 2.40. The molecule has 0 aliphatic heterocycles. The van der Waals surface area contributed by atoms with E-state index >= 15 is 0 Å². The molecule has 0 bridgehead atoms. The van der Waals surface area contributed by atoms with Crippen LogP contribution < -0.4 is 15.2 Å². The summed E-state index contributed by atoms with van der Waals surface area (Å²) >= 11 is 0. The summed E-state index contributed by atoms with van der Waals surface area (Å²) in [5, 5.41) is 0. The smallest absolute Gasteiger partial charge is 0.131 e. The van der Waals surface area contributed by atoms with Crippen LogP contribution in [0, 0.1) is 0 Å². The first kappa shape index (κ1) is 13.4. The monoisotopic (exact) mass is 257 g/mol. The minimum absolute atomic E-state index is 0.642. The first-order chi connectivity index (χ1) is 9.31. The van der Waals surface area contributed by atoms with Gasteiger partial charge in [-0.3, -0.25) is 0 Å². The topological polar surface area (TPSA) is 44.5 Å². The molecule has 3 nitrogen and oxygen atoms in total. The Kier molecular flexibility index (Phi) is 4.81. The highest BCUT2D eigenvalue weighted by atomic mass is 16.5. The number of ether oxygens (including phenoxy) is 2. The van der Waals surface area contributed by atoms with E-state index < -0.39 is 0 Å². The second-order valence-electron chi connectivity index (χ2n) is 4.20. The molecule has 3 heteroatoms. The molecule has 0 saturated heterocycles. The Labute approximate surface area is 114 Å². The van der Waals surface area contributed by atoms with E-state index in [4.69, 9.17) is 15.2 Å². The van der Waals surface area contributed by atoms with E-state index in [1.165, 1.54) is 5.56 Å². The largest absolute Gasteiger partial charge is 0.494 e. The Morgan fingerprint density at radius 2 is 1.63 bits per heavy atom. The van der Waals surface area contributed by atoms with Gasteiger partial charge in [0.15, 0.2) is 0 Å². The Balaban J connectivity index is 2.11. The summed E-state index contributed by atoms with van der Waals surface area (Å²) in [4.78, 5) is 0. The van der Waals surface area contributed by atoms with E-state index in [1.54, 1.807) is 0 Å². The minimum Gasteiger partial charge on any atom is -0.494 e. The van der Waals surface area contributed by atoms with Crippen LogP contribution in [-0.4, -0.2) is 13.2 Å². The van der Waals surface area contributed by atoms with Crippen molar-refractivity contribution in [1.29, 1.82) is 0 Å². The minimum atomic E-state index is 0.642. The quantitative estimate of drug-likeness (QED) is 0.862. The van der Waals surface area contributed by atoms with Crippen LogP contribution in [0.5, 0.6) is 17.2 Å². The maximum atomic E-state index is 5.83. The standard InChI is InChI=1S/C16H19NO2/c1-2-18-14-6-4-8-16(12-14)19-15-7-3-5-13(11-15)9-10-17/h3-8,11-12H,2,9-10,17H2,1H3. The van der Waals surface area contributed by atoms with Crippen LogP contribution in [0.2, 0.25) is 0 Å². The molecule has 0 spiro atoms. The van der Waals surface area contributed by atoms with E-state index in [2.05, 4.69) is 6.07 Å². The van der Waals surface area contributed by atoms with Crippen LogP contribution >= 0.6 is 0 Å². The first-order valence-corrected chi connectivity index (χ1v) is 6.51. The molecule has 100 valence electrons. The van der Waals surface area contributed by atoms with E-state index in [0.29, 0.717) is 13.2 Å². The molecule has 0 heterocycles. The summed E-state index contributed by atoms with van der Waals surface area (Å²) in [6.45, 7) is 3.25. The molecule has 2 aromatic rings. The number of rotatable bonds is 6. The molecule has 0 aliphatic rings. The second-order valence-corrected chi connectivity index (χ2v) is 4.20. The SMILES string of the molecule is CCOc1cccc(Oc2cccc(CCN)c2)c1. The highest BCUT2D eigenvalue weighted by molar-refractivity contribution is 5.38. The van der Waals surface area contributed by atoms with Crippen molar-refractivity contribution >= 4 is 0 Å². The van der Waals surface area contributed by atoms with E-state index in [0.717, 1.165) is 23.7 Å². The molecular weight excluding hydrogens is 238 g/mol. The summed E-state index contributed by atoms with van der Waals surface area (Å²) in [7, 11) is 0. The van der Waals surface area contributed by atoms with Crippen molar-refractivity contribution in [2.24, 2.45) is 5.73 Å². The number of hydrogen-bond acceptors (Lipinski definition) is 3. The summed E-state index contributed by atoms with van der Waals surface area (Å²) in [5.74, 6) is 2.41. The Morgan fingerprint density at radius 3 is 2.37 bits per heavy atom. The molecule has 0 amide bonds. The summed E-state index contributed by atoms with van der Waals surface area (Å²) < 4.78 is 11.3. The van der Waals surface area contributed by atoms with Crippen molar-refractivity contribution in [3.63, 3.8) is 0 Å². The lowest BCUT2D eigenvalue weighted by molar-refractivity contribution is 0.338. The fraction of sp³-hybridized carbons (Fsp3) is 0.250. The lowest BCUT2D eigenvalue weighted by atomic mass is 10.1. The van der Waals surface area contributed by atoms with Gasteiger partial charge in [0.25, 0.3) is 0 Å². The molecule has 2 rings (SSSR count). The molecule has 0 saturated carbocycles. The predicted molar refractivity (Wildman–Crippen MR) is 76.9 cm³/mol. The van der Waals surface area contributed by atoms with Gasteiger partial charge < -0.3 is 15.2 Å². The zero-order valence-corrected chi connectivity index (χ0v) is 11.1. The summed E-state index contributed by atoms with van der Waals surface area (Å²) in [6, 6.07) is 15.6. The number of hydrogen-bond donors (Lipinski definition) is 1. The zero-order valence-electron chi connectivity index (χ0n) is 11.1. The molecule has 19 heavy (non-hydrogen) atoms. The fourth-order valence-electron chi connectivity index (χ4n) is 1.86. The molecular formula is C16H19NO2. The van der Waals surface area contributed by atoms with Crippen LogP contribution in [-0.2, 0) is 6.42 Å². The van der Waals surface area contributed by atoms with Crippen LogP contribution in [0.4, 0.5) is 0 Å². The Bertz CT molecular complexity index is 478. The van der Waals surface area contributed by atoms with Gasteiger partial charge in [-0.05, 0) is 49.7 Å². The molecule has 0 atom stereocenters. The van der Waals surface area contributed by atoms with Gasteiger partial charge in [0.2, 0.25) is 0 Å². The fourth-order valence-corrected chi connectivity index (χ4v) is 1.86. The summed E-state index contributed by atoms with van der Waals surface area (Å²) in [5.41, 5.74) is 6.74. The molecule has 2 N–H and O–H groups in total. The number of nitrogens with two attached hydrogens (primary N) is 1. The third-order valence-electron chi connectivity index (χ3n) is 2.68. The first-order valence-electron chi connectivity index (χ1n) is 6.51. The average molecular weight is 257 g/mol. The van der Waals surface area contributed by atoms with Gasteiger partial charge in [-0.2, -0.15) is 0 Å². The highest BCUT2D eigenvalue weighted by Crippen LogP contribution is 2.25. The van der Waals surface area contributed by atoms with Gasteiger partial charge in [0.05, 0.1) is 6.61 Å². The van der Waals surface area contributed by atoms with Crippen molar-refractivity contribution in [2.75, 3.05) is 13.2 Å². The molecule has 0 unspecified atom stereocenters.